The van der Waals surface area contributed by atoms with Gasteiger partial charge in [-0.2, -0.15) is 0 Å². The van der Waals surface area contributed by atoms with Gasteiger partial charge in [-0.05, 0) is 146 Å². The first kappa shape index (κ1) is 44.1. The lowest BCUT2D eigenvalue weighted by atomic mass is 9.46. The summed E-state index contributed by atoms with van der Waals surface area (Å²) in [7, 11) is 0. The van der Waals surface area contributed by atoms with E-state index in [0.29, 0.717) is 0 Å². The van der Waals surface area contributed by atoms with Crippen molar-refractivity contribution in [3.63, 3.8) is 0 Å². The van der Waals surface area contributed by atoms with Crippen LogP contribution in [-0.4, -0.2) is 6.85 Å². The smallest absolute Gasteiger partial charge is 0.343 e. The van der Waals surface area contributed by atoms with Crippen molar-refractivity contribution in [3.8, 4) is 22.3 Å². The summed E-state index contributed by atoms with van der Waals surface area (Å²) >= 11 is 3.91. The molecule has 3 aliphatic rings. The maximum absolute atomic E-state index is 7.25. The van der Waals surface area contributed by atoms with E-state index in [-0.39, 0.29) is 28.5 Å². The first-order valence-corrected chi connectivity index (χ1v) is 27.5. The maximum atomic E-state index is 7.25. The molecule has 1 aliphatic carbocycles. The predicted octanol–water partition coefficient (Wildman–Crippen LogP) is 18.5. The first-order chi connectivity index (χ1) is 34.4. The summed E-state index contributed by atoms with van der Waals surface area (Å²) in [6.07, 6.45) is 2.38. The highest BCUT2D eigenvalue weighted by atomic mass is 32.1. The van der Waals surface area contributed by atoms with Gasteiger partial charge >= 0.3 is 6.85 Å². The van der Waals surface area contributed by atoms with Crippen LogP contribution in [0.25, 0.3) is 74.5 Å². The summed E-state index contributed by atoms with van der Waals surface area (Å²) in [5.41, 5.74) is 19.9. The van der Waals surface area contributed by atoms with E-state index in [9.17, 15) is 0 Å². The van der Waals surface area contributed by atoms with Crippen LogP contribution in [0.3, 0.4) is 0 Å². The average molecular weight is 971 g/mol. The summed E-state index contributed by atoms with van der Waals surface area (Å²) in [4.78, 5) is 5.32. The van der Waals surface area contributed by atoms with Crippen LogP contribution >= 0.6 is 22.7 Å². The summed E-state index contributed by atoms with van der Waals surface area (Å²) in [5, 5.41) is 6.23. The van der Waals surface area contributed by atoms with Crippen LogP contribution in [-0.2, 0) is 21.7 Å². The zero-order chi connectivity index (χ0) is 49.4. The molecule has 2 aliphatic heterocycles. The van der Waals surface area contributed by atoms with Gasteiger partial charge in [0.05, 0.1) is 5.69 Å². The molecular formula is C66H59BN2OS2. The van der Waals surface area contributed by atoms with Gasteiger partial charge in [-0.3, -0.25) is 0 Å². The van der Waals surface area contributed by atoms with Crippen molar-refractivity contribution in [3.05, 3.63) is 174 Å². The predicted molar refractivity (Wildman–Crippen MR) is 314 cm³/mol. The standard InChI is InChI=1S/C66H59BN2OS2/c1-63(2,3)40-21-25-42(26-22-40)68-53-35-47-44-18-14-15-19-54(44)70-61(47)58-48-33-45-46-34-50-51(66(9,10)31-30-65(50,7)8)36-56(46)71-57(45)37-52(48)69(43-27-23-41(24-28-43)64(4,5)6)67(59(53)58)62-60(68)49-32-39(20-29-55(49)72-62)38-16-12-11-13-17-38/h11-29,32-37H,30-31H2,1-10H3. The Hall–Kier alpha value is -6.60. The fourth-order valence-corrected chi connectivity index (χ4v) is 15.0. The minimum absolute atomic E-state index is 0.0132. The molecule has 11 aromatic rings. The topological polar surface area (TPSA) is 19.6 Å². The molecule has 3 nitrogen and oxygen atoms in total. The van der Waals surface area contributed by atoms with Crippen molar-refractivity contribution < 1.29 is 4.42 Å². The Morgan fingerprint density at radius 2 is 1.14 bits per heavy atom. The van der Waals surface area contributed by atoms with Gasteiger partial charge in [-0.15, -0.1) is 22.7 Å². The van der Waals surface area contributed by atoms with Crippen LogP contribution < -0.4 is 20.0 Å². The van der Waals surface area contributed by atoms with Crippen LogP contribution in [0.2, 0.25) is 0 Å². The number of benzene rings is 8. The molecular weight excluding hydrogens is 912 g/mol. The number of rotatable bonds is 3. The molecule has 0 N–H and O–H groups in total. The van der Waals surface area contributed by atoms with E-state index in [0.717, 1.165) is 27.6 Å². The maximum Gasteiger partial charge on any atom is 0.343 e. The lowest BCUT2D eigenvalue weighted by Crippen LogP contribution is -2.60. The van der Waals surface area contributed by atoms with Gasteiger partial charge in [0.15, 0.2) is 0 Å². The molecule has 0 spiro atoms. The Balaban J connectivity index is 1.14. The zero-order valence-corrected chi connectivity index (χ0v) is 44.7. The van der Waals surface area contributed by atoms with E-state index in [4.69, 9.17) is 4.42 Å². The Morgan fingerprint density at radius 3 is 1.83 bits per heavy atom. The number of furan rings is 1. The Morgan fingerprint density at radius 1 is 0.514 bits per heavy atom. The summed E-state index contributed by atoms with van der Waals surface area (Å²) in [6.45, 7) is 23.5. The number of thiophene rings is 2. The molecule has 0 unspecified atom stereocenters. The number of hydrogen-bond donors (Lipinski definition) is 0. The van der Waals surface area contributed by atoms with Gasteiger partial charge in [-0.1, -0.05) is 148 Å². The van der Waals surface area contributed by atoms with E-state index >= 15 is 0 Å². The van der Waals surface area contributed by atoms with Crippen molar-refractivity contribution in [2.75, 3.05) is 9.71 Å². The van der Waals surface area contributed by atoms with Gasteiger partial charge < -0.3 is 14.1 Å². The quantitative estimate of drug-likeness (QED) is 0.165. The third-order valence-corrected chi connectivity index (χ3v) is 19.1. The van der Waals surface area contributed by atoms with Crippen molar-refractivity contribution in [2.24, 2.45) is 0 Å². The molecule has 0 atom stereocenters. The van der Waals surface area contributed by atoms with E-state index in [1.54, 1.807) is 0 Å². The van der Waals surface area contributed by atoms with Crippen LogP contribution in [0, 0.1) is 0 Å². The van der Waals surface area contributed by atoms with E-state index in [2.05, 4.69) is 231 Å². The van der Waals surface area contributed by atoms with Gasteiger partial charge in [0, 0.05) is 79.7 Å². The van der Waals surface area contributed by atoms with Crippen molar-refractivity contribution in [1.29, 1.82) is 0 Å². The molecule has 14 rings (SSSR count). The fraction of sp³-hybridized carbons (Fsp3) is 0.242. The molecule has 0 saturated carbocycles. The fourth-order valence-electron chi connectivity index (χ4n) is 12.6. The molecule has 3 aromatic heterocycles. The van der Waals surface area contributed by atoms with Gasteiger partial charge in [-0.25, -0.2) is 0 Å². The second-order valence-corrected chi connectivity index (χ2v) is 26.5. The number of anilines is 5. The molecule has 0 bridgehead atoms. The molecule has 8 aromatic carbocycles. The van der Waals surface area contributed by atoms with Gasteiger partial charge in [0.1, 0.15) is 11.2 Å². The highest BCUT2D eigenvalue weighted by Gasteiger charge is 2.49. The Labute approximate surface area is 431 Å². The number of nitrogens with zero attached hydrogens (tertiary/aromatic N) is 2. The average Bonchev–Trinajstić information content (AvgIpc) is 4.05. The largest absolute Gasteiger partial charge is 0.455 e. The van der Waals surface area contributed by atoms with Gasteiger partial charge in [0.25, 0.3) is 0 Å². The molecule has 0 radical (unpaired) electrons. The monoisotopic (exact) mass is 970 g/mol. The van der Waals surface area contributed by atoms with Crippen LogP contribution in [0.15, 0.2) is 156 Å². The van der Waals surface area contributed by atoms with Crippen LogP contribution in [0.4, 0.5) is 28.4 Å². The van der Waals surface area contributed by atoms with E-state index < -0.39 is 0 Å². The summed E-state index contributed by atoms with van der Waals surface area (Å²) in [5.74, 6) is 0. The second kappa shape index (κ2) is 15.0. The minimum Gasteiger partial charge on any atom is -0.455 e. The van der Waals surface area contributed by atoms with Crippen molar-refractivity contribution in [2.45, 2.75) is 104 Å². The highest BCUT2D eigenvalue weighted by Crippen LogP contribution is 2.56. The molecule has 6 heteroatoms. The molecule has 0 saturated heterocycles. The molecule has 72 heavy (non-hydrogen) atoms. The molecule has 5 heterocycles. The van der Waals surface area contributed by atoms with Crippen molar-refractivity contribution >= 4 is 120 Å². The third-order valence-electron chi connectivity index (χ3n) is 16.8. The normalized spacial score (nSPS) is 15.9. The van der Waals surface area contributed by atoms with Crippen LogP contribution in [0.5, 0.6) is 0 Å². The Bertz CT molecular complexity index is 4060. The van der Waals surface area contributed by atoms with Crippen molar-refractivity contribution in [1.82, 2.24) is 0 Å². The Kier molecular flexibility index (Phi) is 9.19. The zero-order valence-electron chi connectivity index (χ0n) is 43.0. The third kappa shape index (κ3) is 6.40. The minimum atomic E-state index is -0.154. The van der Waals surface area contributed by atoms with Crippen LogP contribution in [0.1, 0.15) is 104 Å². The molecule has 0 amide bonds. The highest BCUT2D eigenvalue weighted by molar-refractivity contribution is 7.32. The summed E-state index contributed by atoms with van der Waals surface area (Å²) in [6, 6.07) is 58.3. The van der Waals surface area contributed by atoms with Gasteiger partial charge in [0.2, 0.25) is 0 Å². The molecule has 354 valence electrons. The van der Waals surface area contributed by atoms with E-state index in [1.165, 1.54) is 121 Å². The number of hydrogen-bond acceptors (Lipinski definition) is 5. The van der Waals surface area contributed by atoms with E-state index in [1.807, 2.05) is 22.7 Å². The second-order valence-electron chi connectivity index (χ2n) is 24.4. The lowest BCUT2D eigenvalue weighted by Gasteiger charge is -2.44. The number of para-hydroxylation sites is 1. The SMILES string of the molecule is CC(C)(C)c1ccc(N2B3c4sc5ccc(-c6ccccc6)cc5c4N(c4ccc(C(C)(C)C)cc4)c4cc5c(oc6ccccc65)c(c43)-c3cc4c(cc32)sc2cc3c(cc24)C(C)(C)CCC3(C)C)cc1. The first-order valence-electron chi connectivity index (χ1n) is 25.9. The number of fused-ring (bicyclic) bond motifs is 14. The molecule has 0 fully saturated rings. The lowest BCUT2D eigenvalue weighted by molar-refractivity contribution is 0.332. The summed E-state index contributed by atoms with van der Waals surface area (Å²) < 4.78 is 12.6.